The molecule has 0 radical (unpaired) electrons. The van der Waals surface area contributed by atoms with Crippen molar-refractivity contribution >= 4 is 6.29 Å². The van der Waals surface area contributed by atoms with Crippen LogP contribution in [-0.4, -0.2) is 11.3 Å². The number of nitrogens with one attached hydrogen (secondary N) is 1. The minimum atomic E-state index is -0.328. The number of carbonyl (C=O) groups is 1. The Kier molecular flexibility index (Phi) is 3.03. The van der Waals surface area contributed by atoms with Gasteiger partial charge in [-0.25, -0.2) is 0 Å². The molecule has 0 amide bonds. The maximum atomic E-state index is 11.6. The van der Waals surface area contributed by atoms with Crippen molar-refractivity contribution in [1.82, 2.24) is 4.98 Å². The van der Waals surface area contributed by atoms with Crippen molar-refractivity contribution in [3.05, 3.63) is 57.4 Å². The van der Waals surface area contributed by atoms with Gasteiger partial charge in [0.15, 0.2) is 6.29 Å². The van der Waals surface area contributed by atoms with Gasteiger partial charge in [-0.2, -0.15) is 0 Å². The van der Waals surface area contributed by atoms with E-state index in [0.29, 0.717) is 6.29 Å². The van der Waals surface area contributed by atoms with E-state index in [-0.39, 0.29) is 11.1 Å². The molecule has 0 aliphatic heterocycles. The topological polar surface area (TPSA) is 49.9 Å². The predicted octanol–water partition coefficient (Wildman–Crippen LogP) is 2.73. The summed E-state index contributed by atoms with van der Waals surface area (Å²) >= 11 is 0. The minimum Gasteiger partial charge on any atom is -0.321 e. The van der Waals surface area contributed by atoms with Gasteiger partial charge in [0.1, 0.15) is 0 Å². The van der Waals surface area contributed by atoms with Gasteiger partial charge in [0, 0.05) is 5.69 Å². The number of H-pyrrole nitrogens is 1. The van der Waals surface area contributed by atoms with Gasteiger partial charge in [-0.1, -0.05) is 12.1 Å². The van der Waals surface area contributed by atoms with E-state index >= 15 is 0 Å². The second-order valence-corrected chi connectivity index (χ2v) is 4.96. The third kappa shape index (κ3) is 2.24. The minimum absolute atomic E-state index is 0.168. The van der Waals surface area contributed by atoms with Crippen LogP contribution in [0.2, 0.25) is 0 Å². The van der Waals surface area contributed by atoms with Crippen LogP contribution in [0.4, 0.5) is 0 Å². The second kappa shape index (κ2) is 4.84. The van der Waals surface area contributed by atoms with Gasteiger partial charge in [-0.3, -0.25) is 9.59 Å². The molecule has 0 atom stereocenters. The number of benzene rings is 1. The van der Waals surface area contributed by atoms with E-state index in [0.717, 1.165) is 24.1 Å². The summed E-state index contributed by atoms with van der Waals surface area (Å²) in [5, 5.41) is 0. The number of hydrogen-bond acceptors (Lipinski definition) is 2. The molecule has 0 saturated carbocycles. The van der Waals surface area contributed by atoms with E-state index in [1.807, 2.05) is 6.07 Å². The van der Waals surface area contributed by atoms with Crippen LogP contribution in [0.5, 0.6) is 0 Å². The number of carbonyl (C=O) groups excluding carboxylic acids is 1. The fraction of sp³-hybridized carbons (Fsp3) is 0.250. The third-order valence-corrected chi connectivity index (χ3v) is 3.73. The monoisotopic (exact) mass is 253 g/mol. The molecule has 0 bridgehead atoms. The number of aryl methyl sites for hydroxylation is 2. The number of rotatable bonds is 2. The zero-order chi connectivity index (χ0) is 13.2. The number of pyridine rings is 1. The summed E-state index contributed by atoms with van der Waals surface area (Å²) in [4.78, 5) is 25.1. The molecule has 3 nitrogen and oxygen atoms in total. The maximum Gasteiger partial charge on any atom is 0.258 e. The highest BCUT2D eigenvalue weighted by atomic mass is 16.1. The molecular formula is C16H15NO2. The van der Waals surface area contributed by atoms with Gasteiger partial charge in [0.25, 0.3) is 5.56 Å². The van der Waals surface area contributed by atoms with Crippen molar-refractivity contribution in [2.75, 3.05) is 0 Å². The molecule has 3 rings (SSSR count). The smallest absolute Gasteiger partial charge is 0.258 e. The lowest BCUT2D eigenvalue weighted by Crippen LogP contribution is -2.12. The van der Waals surface area contributed by atoms with Crippen molar-refractivity contribution in [3.8, 4) is 11.3 Å². The molecule has 1 aliphatic carbocycles. The van der Waals surface area contributed by atoms with Crippen LogP contribution in [0, 0.1) is 0 Å². The summed E-state index contributed by atoms with van der Waals surface area (Å²) in [6.07, 6.45) is 5.33. The highest BCUT2D eigenvalue weighted by Gasteiger charge is 2.10. The average molecular weight is 253 g/mol. The van der Waals surface area contributed by atoms with E-state index in [1.54, 1.807) is 12.1 Å². The second-order valence-electron chi connectivity index (χ2n) is 4.96. The summed E-state index contributed by atoms with van der Waals surface area (Å²) in [5.74, 6) is 0. The Morgan fingerprint density at radius 1 is 1.00 bits per heavy atom. The summed E-state index contributed by atoms with van der Waals surface area (Å²) < 4.78 is 0. The summed E-state index contributed by atoms with van der Waals surface area (Å²) in [6.45, 7) is 0. The quantitative estimate of drug-likeness (QED) is 0.837. The van der Waals surface area contributed by atoms with Crippen LogP contribution in [0.25, 0.3) is 11.3 Å². The highest BCUT2D eigenvalue weighted by molar-refractivity contribution is 5.75. The zero-order valence-corrected chi connectivity index (χ0v) is 10.6. The van der Waals surface area contributed by atoms with Gasteiger partial charge in [0.05, 0.1) is 5.56 Å². The van der Waals surface area contributed by atoms with Crippen LogP contribution >= 0.6 is 0 Å². The molecule has 0 unspecified atom stereocenters. The first kappa shape index (κ1) is 11.9. The molecule has 1 aliphatic rings. The normalized spacial score (nSPS) is 13.9. The highest BCUT2D eigenvalue weighted by Crippen LogP contribution is 2.26. The molecule has 1 N–H and O–H groups in total. The van der Waals surface area contributed by atoms with Gasteiger partial charge in [0.2, 0.25) is 0 Å². The van der Waals surface area contributed by atoms with Gasteiger partial charge >= 0.3 is 0 Å². The molecule has 19 heavy (non-hydrogen) atoms. The molecule has 1 aromatic heterocycles. The molecule has 3 heteroatoms. The Morgan fingerprint density at radius 2 is 1.79 bits per heavy atom. The van der Waals surface area contributed by atoms with Crippen LogP contribution < -0.4 is 5.56 Å². The third-order valence-electron chi connectivity index (χ3n) is 3.73. The van der Waals surface area contributed by atoms with Crippen molar-refractivity contribution in [1.29, 1.82) is 0 Å². The van der Waals surface area contributed by atoms with Crippen LogP contribution in [-0.2, 0) is 12.8 Å². The molecule has 1 aromatic carbocycles. The van der Waals surface area contributed by atoms with Gasteiger partial charge in [-0.15, -0.1) is 0 Å². The summed E-state index contributed by atoms with van der Waals surface area (Å²) in [6, 6.07) is 9.70. The number of aromatic amines is 1. The fourth-order valence-electron chi connectivity index (χ4n) is 2.65. The predicted molar refractivity (Wildman–Crippen MR) is 74.5 cm³/mol. The first-order valence-electron chi connectivity index (χ1n) is 6.58. The first-order chi connectivity index (χ1) is 9.28. The molecule has 0 spiro atoms. The number of fused-ring (bicyclic) bond motifs is 1. The maximum absolute atomic E-state index is 11.6. The van der Waals surface area contributed by atoms with E-state index in [2.05, 4.69) is 17.1 Å². The Hall–Kier alpha value is -2.16. The van der Waals surface area contributed by atoms with Gasteiger partial charge < -0.3 is 4.98 Å². The molecule has 0 saturated heterocycles. The molecule has 1 heterocycles. The fourth-order valence-corrected chi connectivity index (χ4v) is 2.65. The Bertz CT molecular complexity index is 685. The summed E-state index contributed by atoms with van der Waals surface area (Å²) in [7, 11) is 0. The Labute approximate surface area is 111 Å². The summed E-state index contributed by atoms with van der Waals surface area (Å²) in [5.41, 5.74) is 4.41. The molecular weight excluding hydrogens is 238 g/mol. The van der Waals surface area contributed by atoms with Crippen LogP contribution in [0.3, 0.4) is 0 Å². The number of aldehydes is 1. The Morgan fingerprint density at radius 3 is 2.53 bits per heavy atom. The largest absolute Gasteiger partial charge is 0.321 e. The zero-order valence-electron chi connectivity index (χ0n) is 10.6. The van der Waals surface area contributed by atoms with Crippen LogP contribution in [0.15, 0.2) is 35.1 Å². The van der Waals surface area contributed by atoms with Crippen molar-refractivity contribution in [3.63, 3.8) is 0 Å². The van der Waals surface area contributed by atoms with Crippen LogP contribution in [0.1, 0.15) is 34.3 Å². The van der Waals surface area contributed by atoms with Crippen molar-refractivity contribution < 1.29 is 4.79 Å². The van der Waals surface area contributed by atoms with Crippen molar-refractivity contribution in [2.45, 2.75) is 25.7 Å². The number of hydrogen-bond donors (Lipinski definition) is 1. The number of aromatic nitrogens is 1. The lowest BCUT2D eigenvalue weighted by molar-refractivity contribution is 0.112. The molecule has 96 valence electrons. The van der Waals surface area contributed by atoms with E-state index in [4.69, 9.17) is 0 Å². The van der Waals surface area contributed by atoms with Crippen molar-refractivity contribution in [2.24, 2.45) is 0 Å². The first-order valence-corrected chi connectivity index (χ1v) is 6.58. The van der Waals surface area contributed by atoms with Gasteiger partial charge in [-0.05, 0) is 60.6 Å². The van der Waals surface area contributed by atoms with E-state index in [9.17, 15) is 9.59 Å². The standard InChI is InChI=1S/C16H15NO2/c18-10-14-7-8-15(17-16(14)19)13-6-5-11-3-1-2-4-12(11)9-13/h5-10H,1-4H2,(H,17,19). The van der Waals surface area contributed by atoms with E-state index in [1.165, 1.54) is 24.0 Å². The molecule has 2 aromatic rings. The lowest BCUT2D eigenvalue weighted by Gasteiger charge is -2.16. The Balaban J connectivity index is 2.04. The molecule has 0 fully saturated rings. The van der Waals surface area contributed by atoms with E-state index < -0.39 is 0 Å². The average Bonchev–Trinajstić information content (AvgIpc) is 2.46. The SMILES string of the molecule is O=Cc1ccc(-c2ccc3c(c2)CCCC3)[nH]c1=O. The lowest BCUT2D eigenvalue weighted by atomic mass is 9.90.